The van der Waals surface area contributed by atoms with Gasteiger partial charge in [-0.25, -0.2) is 0 Å². The number of carbonyl (C=O) groups is 3. The Morgan fingerprint density at radius 3 is 2.55 bits per heavy atom. The molecule has 0 spiro atoms. The molecule has 1 heterocycles. The second-order valence-electron chi connectivity index (χ2n) is 5.89. The summed E-state index contributed by atoms with van der Waals surface area (Å²) >= 11 is 0. The number of likely N-dealkylation sites (tertiary alicyclic amines) is 1. The van der Waals surface area contributed by atoms with Crippen molar-refractivity contribution in [2.45, 2.75) is 70.6 Å². The number of β-amino-alcohol motifs (C(OH)–C–C–N with tert-alkyl or cyclic N) is 1. The number of unbranched alkanes of at least 4 members (excludes halogenated alkanes) is 3. The fourth-order valence-electron chi connectivity index (χ4n) is 2.74. The molecule has 0 aromatic heterocycles. The maximum absolute atomic E-state index is 12.3. The van der Waals surface area contributed by atoms with Crippen molar-refractivity contribution in [2.75, 3.05) is 6.54 Å². The highest BCUT2D eigenvalue weighted by atomic mass is 16.3. The Labute approximate surface area is 131 Å². The molecule has 1 fully saturated rings. The fourth-order valence-corrected chi connectivity index (χ4v) is 2.74. The number of aliphatic hydroxyl groups is 1. The fraction of sp³-hybridized carbons (Fsp3) is 0.800. The molecule has 0 unspecified atom stereocenters. The number of primary amides is 1. The highest BCUT2D eigenvalue weighted by molar-refractivity contribution is 5.91. The molecule has 0 aliphatic carbocycles. The molecular weight excluding hydrogens is 286 g/mol. The number of nitrogens with one attached hydrogen (secondary N) is 1. The molecule has 1 aliphatic rings. The van der Waals surface area contributed by atoms with Crippen LogP contribution < -0.4 is 11.1 Å². The molecule has 22 heavy (non-hydrogen) atoms. The molecule has 1 rings (SSSR count). The van der Waals surface area contributed by atoms with Gasteiger partial charge in [0.05, 0.1) is 6.10 Å². The van der Waals surface area contributed by atoms with E-state index < -0.39 is 30.0 Å². The molecular formula is C15H27N3O4. The Kier molecular flexibility index (Phi) is 7.31. The lowest BCUT2D eigenvalue weighted by Gasteiger charge is -2.24. The average molecular weight is 313 g/mol. The van der Waals surface area contributed by atoms with Gasteiger partial charge in [-0.1, -0.05) is 32.6 Å². The van der Waals surface area contributed by atoms with E-state index in [1.165, 1.54) is 11.8 Å². The van der Waals surface area contributed by atoms with Crippen LogP contribution >= 0.6 is 0 Å². The third-order valence-corrected chi connectivity index (χ3v) is 3.99. The zero-order valence-electron chi connectivity index (χ0n) is 13.4. The van der Waals surface area contributed by atoms with Crippen molar-refractivity contribution in [3.8, 4) is 0 Å². The summed E-state index contributed by atoms with van der Waals surface area (Å²) in [5.74, 6) is -1.26. The molecule has 0 aromatic rings. The number of nitrogens with zero attached hydrogens (tertiary/aromatic N) is 1. The monoisotopic (exact) mass is 313 g/mol. The van der Waals surface area contributed by atoms with Crippen LogP contribution in [0.25, 0.3) is 0 Å². The molecule has 0 bridgehead atoms. The Morgan fingerprint density at radius 1 is 1.32 bits per heavy atom. The van der Waals surface area contributed by atoms with Crippen LogP contribution in [-0.2, 0) is 14.4 Å². The molecule has 1 saturated heterocycles. The van der Waals surface area contributed by atoms with Crippen LogP contribution in [0.5, 0.6) is 0 Å². The van der Waals surface area contributed by atoms with E-state index in [-0.39, 0.29) is 18.9 Å². The summed E-state index contributed by atoms with van der Waals surface area (Å²) in [5.41, 5.74) is 5.34. The van der Waals surface area contributed by atoms with E-state index in [1.54, 1.807) is 0 Å². The normalized spacial score (nSPS) is 22.4. The highest BCUT2D eigenvalue weighted by Crippen LogP contribution is 2.18. The van der Waals surface area contributed by atoms with Crippen molar-refractivity contribution in [3.63, 3.8) is 0 Å². The SMILES string of the molecule is CCCCCC[C@@H](NC(=O)[C@@H]1C[C@@H](O)CN1C(C)=O)C(N)=O. The van der Waals surface area contributed by atoms with Crippen molar-refractivity contribution in [1.82, 2.24) is 10.2 Å². The highest BCUT2D eigenvalue weighted by Gasteiger charge is 2.38. The zero-order chi connectivity index (χ0) is 16.7. The van der Waals surface area contributed by atoms with Crippen LogP contribution in [-0.4, -0.2) is 52.5 Å². The first-order valence-corrected chi connectivity index (χ1v) is 7.91. The molecule has 1 aliphatic heterocycles. The van der Waals surface area contributed by atoms with Crippen LogP contribution in [0.3, 0.4) is 0 Å². The summed E-state index contributed by atoms with van der Waals surface area (Å²) < 4.78 is 0. The Morgan fingerprint density at radius 2 is 2.00 bits per heavy atom. The van der Waals surface area contributed by atoms with Crippen molar-refractivity contribution < 1.29 is 19.5 Å². The van der Waals surface area contributed by atoms with E-state index in [9.17, 15) is 19.5 Å². The van der Waals surface area contributed by atoms with E-state index in [0.29, 0.717) is 6.42 Å². The summed E-state index contributed by atoms with van der Waals surface area (Å²) in [6, 6.07) is -1.46. The predicted molar refractivity (Wildman–Crippen MR) is 81.7 cm³/mol. The standard InChI is InChI=1S/C15H27N3O4/c1-3-4-5-6-7-12(14(16)21)17-15(22)13-8-11(20)9-18(13)10(2)19/h11-13,20H,3-9H2,1-2H3,(H2,16,21)(H,17,22)/t11-,12-,13+/m1/s1. The molecule has 3 atom stereocenters. The molecule has 7 nitrogen and oxygen atoms in total. The van der Waals surface area contributed by atoms with E-state index in [0.717, 1.165) is 25.7 Å². The molecule has 0 aromatic carbocycles. The third kappa shape index (κ3) is 5.29. The Balaban J connectivity index is 2.58. The van der Waals surface area contributed by atoms with Gasteiger partial charge in [-0.15, -0.1) is 0 Å². The van der Waals surface area contributed by atoms with E-state index >= 15 is 0 Å². The summed E-state index contributed by atoms with van der Waals surface area (Å²) in [6.07, 6.45) is 3.93. The zero-order valence-corrected chi connectivity index (χ0v) is 13.4. The largest absolute Gasteiger partial charge is 0.391 e. The predicted octanol–water partition coefficient (Wildman–Crippen LogP) is -0.0914. The second kappa shape index (κ2) is 8.73. The molecule has 0 saturated carbocycles. The van der Waals surface area contributed by atoms with Gasteiger partial charge in [0.15, 0.2) is 0 Å². The van der Waals surface area contributed by atoms with Crippen LogP contribution in [0.15, 0.2) is 0 Å². The quantitative estimate of drug-likeness (QED) is 0.543. The number of nitrogens with two attached hydrogens (primary N) is 1. The minimum absolute atomic E-state index is 0.144. The van der Waals surface area contributed by atoms with E-state index in [4.69, 9.17) is 5.73 Å². The van der Waals surface area contributed by atoms with E-state index in [1.807, 2.05) is 0 Å². The number of hydrogen-bond donors (Lipinski definition) is 3. The molecule has 126 valence electrons. The van der Waals surface area contributed by atoms with Crippen LogP contribution in [0.2, 0.25) is 0 Å². The minimum Gasteiger partial charge on any atom is -0.391 e. The first-order chi connectivity index (χ1) is 10.4. The summed E-state index contributed by atoms with van der Waals surface area (Å²) in [4.78, 5) is 36.6. The van der Waals surface area contributed by atoms with Crippen LogP contribution in [0.4, 0.5) is 0 Å². The number of carbonyl (C=O) groups excluding carboxylic acids is 3. The topological polar surface area (TPSA) is 113 Å². The van der Waals surface area contributed by atoms with E-state index in [2.05, 4.69) is 12.2 Å². The van der Waals surface area contributed by atoms with Crippen LogP contribution in [0, 0.1) is 0 Å². The van der Waals surface area contributed by atoms with Gasteiger partial charge in [-0.2, -0.15) is 0 Å². The number of rotatable bonds is 8. The minimum atomic E-state index is -0.731. The second-order valence-corrected chi connectivity index (χ2v) is 5.89. The Hall–Kier alpha value is -1.63. The lowest BCUT2D eigenvalue weighted by atomic mass is 10.1. The van der Waals surface area contributed by atoms with Crippen molar-refractivity contribution in [1.29, 1.82) is 0 Å². The van der Waals surface area contributed by atoms with Gasteiger partial charge in [-0.3, -0.25) is 14.4 Å². The lowest BCUT2D eigenvalue weighted by molar-refractivity contribution is -0.138. The van der Waals surface area contributed by atoms with Gasteiger partial charge in [0.25, 0.3) is 0 Å². The lowest BCUT2D eigenvalue weighted by Crippen LogP contribution is -2.51. The summed E-state index contributed by atoms with van der Waals surface area (Å²) in [7, 11) is 0. The molecule has 0 radical (unpaired) electrons. The molecule has 7 heteroatoms. The van der Waals surface area contributed by atoms with Gasteiger partial charge < -0.3 is 21.1 Å². The Bertz CT molecular complexity index is 414. The smallest absolute Gasteiger partial charge is 0.243 e. The average Bonchev–Trinajstić information content (AvgIpc) is 2.84. The third-order valence-electron chi connectivity index (χ3n) is 3.99. The first-order valence-electron chi connectivity index (χ1n) is 7.91. The van der Waals surface area contributed by atoms with Gasteiger partial charge >= 0.3 is 0 Å². The maximum atomic E-state index is 12.3. The molecule has 3 amide bonds. The van der Waals surface area contributed by atoms with Crippen LogP contribution in [0.1, 0.15) is 52.4 Å². The van der Waals surface area contributed by atoms with Gasteiger partial charge in [-0.05, 0) is 6.42 Å². The van der Waals surface area contributed by atoms with Gasteiger partial charge in [0.1, 0.15) is 12.1 Å². The number of aliphatic hydroxyl groups excluding tert-OH is 1. The number of hydrogen-bond acceptors (Lipinski definition) is 4. The van der Waals surface area contributed by atoms with Gasteiger partial charge in [0.2, 0.25) is 17.7 Å². The first kappa shape index (κ1) is 18.4. The molecule has 4 N–H and O–H groups in total. The maximum Gasteiger partial charge on any atom is 0.243 e. The van der Waals surface area contributed by atoms with Crippen molar-refractivity contribution in [3.05, 3.63) is 0 Å². The van der Waals surface area contributed by atoms with Gasteiger partial charge in [0, 0.05) is 19.9 Å². The van der Waals surface area contributed by atoms with Crippen molar-refractivity contribution >= 4 is 17.7 Å². The summed E-state index contributed by atoms with van der Waals surface area (Å²) in [6.45, 7) is 3.59. The summed E-state index contributed by atoms with van der Waals surface area (Å²) in [5, 5.41) is 12.3. The number of amides is 3. The van der Waals surface area contributed by atoms with Crippen molar-refractivity contribution in [2.24, 2.45) is 5.73 Å².